The molecule has 0 saturated heterocycles. The fraction of sp³-hybridized carbons (Fsp3) is 0.0476. The van der Waals surface area contributed by atoms with Gasteiger partial charge in [-0.15, -0.1) is 0 Å². The molecule has 0 aliphatic heterocycles. The number of non-ortho nitro benzene ring substituents is 1. The zero-order valence-electron chi connectivity index (χ0n) is 15.4. The fourth-order valence-corrected chi connectivity index (χ4v) is 2.59. The lowest BCUT2D eigenvalue weighted by Crippen LogP contribution is -2.14. The number of hydrogen-bond donors (Lipinski definition) is 2. The van der Waals surface area contributed by atoms with Gasteiger partial charge in [-0.2, -0.15) is 0 Å². The van der Waals surface area contributed by atoms with Crippen LogP contribution in [-0.4, -0.2) is 23.8 Å². The Morgan fingerprint density at radius 3 is 2.10 bits per heavy atom. The molecule has 8 nitrogen and oxygen atoms in total. The van der Waals surface area contributed by atoms with Crippen molar-refractivity contribution in [3.63, 3.8) is 0 Å². The third kappa shape index (κ3) is 4.75. The number of hydrogen-bond acceptors (Lipinski definition) is 5. The Balaban J connectivity index is 1.73. The number of carbonyl (C=O) groups is 2. The Bertz CT molecular complexity index is 1050. The number of nitro groups is 1. The summed E-state index contributed by atoms with van der Waals surface area (Å²) in [5.41, 5.74) is 1.58. The van der Waals surface area contributed by atoms with Gasteiger partial charge in [0.05, 0.1) is 17.7 Å². The van der Waals surface area contributed by atoms with Gasteiger partial charge in [-0.1, -0.05) is 18.2 Å². The fourth-order valence-electron chi connectivity index (χ4n) is 2.59. The van der Waals surface area contributed by atoms with E-state index in [9.17, 15) is 19.7 Å². The highest BCUT2D eigenvalue weighted by molar-refractivity contribution is 6.06. The van der Waals surface area contributed by atoms with Crippen molar-refractivity contribution in [2.24, 2.45) is 0 Å². The molecule has 0 bridgehead atoms. The van der Waals surface area contributed by atoms with Crippen LogP contribution >= 0.6 is 0 Å². The zero-order chi connectivity index (χ0) is 20.8. The average Bonchev–Trinajstić information content (AvgIpc) is 2.75. The molecule has 0 saturated carbocycles. The molecule has 2 amide bonds. The van der Waals surface area contributed by atoms with Crippen LogP contribution in [0.3, 0.4) is 0 Å². The number of benzene rings is 3. The van der Waals surface area contributed by atoms with Crippen molar-refractivity contribution < 1.29 is 19.2 Å². The van der Waals surface area contributed by atoms with Crippen LogP contribution in [0, 0.1) is 10.1 Å². The van der Waals surface area contributed by atoms with Gasteiger partial charge >= 0.3 is 0 Å². The molecule has 0 spiro atoms. The van der Waals surface area contributed by atoms with E-state index in [1.807, 2.05) is 6.07 Å². The minimum atomic E-state index is -0.533. The molecule has 3 aromatic carbocycles. The van der Waals surface area contributed by atoms with Crippen molar-refractivity contribution in [1.29, 1.82) is 0 Å². The Labute approximate surface area is 166 Å². The van der Waals surface area contributed by atoms with Crippen molar-refractivity contribution >= 4 is 28.9 Å². The minimum Gasteiger partial charge on any atom is -0.494 e. The molecule has 3 rings (SSSR count). The molecular formula is C21H17N3O5. The summed E-state index contributed by atoms with van der Waals surface area (Å²) in [5, 5.41) is 16.2. The molecule has 0 radical (unpaired) electrons. The van der Waals surface area contributed by atoms with E-state index in [0.29, 0.717) is 22.7 Å². The second kappa shape index (κ2) is 8.66. The summed E-state index contributed by atoms with van der Waals surface area (Å²) in [4.78, 5) is 34.8. The molecule has 8 heteroatoms. The van der Waals surface area contributed by atoms with Crippen LogP contribution in [0.25, 0.3) is 0 Å². The quantitative estimate of drug-likeness (QED) is 0.485. The number of amides is 2. The average molecular weight is 391 g/mol. The number of ether oxygens (including phenoxy) is 1. The maximum Gasteiger partial charge on any atom is 0.269 e. The van der Waals surface area contributed by atoms with Crippen molar-refractivity contribution in [2.75, 3.05) is 17.7 Å². The highest BCUT2D eigenvalue weighted by Gasteiger charge is 2.13. The lowest BCUT2D eigenvalue weighted by Gasteiger charge is -2.13. The van der Waals surface area contributed by atoms with Crippen molar-refractivity contribution in [2.45, 2.75) is 0 Å². The SMILES string of the molecule is COc1cc(NC(=O)c2ccc([N+](=O)[O-])cc2)ccc1NC(=O)c1ccccc1. The molecule has 146 valence electrons. The molecular weight excluding hydrogens is 374 g/mol. The van der Waals surface area contributed by atoms with Crippen molar-refractivity contribution in [3.05, 3.63) is 94.0 Å². The van der Waals surface area contributed by atoms with Crippen LogP contribution in [0.15, 0.2) is 72.8 Å². The Morgan fingerprint density at radius 2 is 1.48 bits per heavy atom. The lowest BCUT2D eigenvalue weighted by molar-refractivity contribution is -0.384. The highest BCUT2D eigenvalue weighted by Crippen LogP contribution is 2.28. The Hall–Kier alpha value is -4.20. The predicted octanol–water partition coefficient (Wildman–Crippen LogP) is 4.11. The number of rotatable bonds is 6. The Morgan fingerprint density at radius 1 is 0.862 bits per heavy atom. The second-order valence-corrected chi connectivity index (χ2v) is 5.99. The number of nitrogens with one attached hydrogen (secondary N) is 2. The molecule has 29 heavy (non-hydrogen) atoms. The molecule has 0 aromatic heterocycles. The van der Waals surface area contributed by atoms with Gasteiger partial charge in [-0.05, 0) is 36.4 Å². The van der Waals surface area contributed by atoms with Crippen molar-refractivity contribution in [1.82, 2.24) is 0 Å². The van der Waals surface area contributed by atoms with Gasteiger partial charge in [-0.3, -0.25) is 19.7 Å². The predicted molar refractivity (Wildman–Crippen MR) is 108 cm³/mol. The smallest absolute Gasteiger partial charge is 0.269 e. The van der Waals surface area contributed by atoms with E-state index in [4.69, 9.17) is 4.74 Å². The van der Waals surface area contributed by atoms with Gasteiger partial charge in [0.25, 0.3) is 17.5 Å². The first-order valence-electron chi connectivity index (χ1n) is 8.58. The number of carbonyl (C=O) groups excluding carboxylic acids is 2. The summed E-state index contributed by atoms with van der Waals surface area (Å²) in [6, 6.07) is 18.8. The third-order valence-electron chi connectivity index (χ3n) is 4.08. The third-order valence-corrected chi connectivity index (χ3v) is 4.08. The van der Waals surface area contributed by atoms with E-state index in [-0.39, 0.29) is 17.2 Å². The molecule has 0 atom stereocenters. The summed E-state index contributed by atoms with van der Waals surface area (Å²) in [5.74, 6) is -0.342. The van der Waals surface area contributed by atoms with Gasteiger partial charge in [0, 0.05) is 35.0 Å². The van der Waals surface area contributed by atoms with Gasteiger partial charge in [0.15, 0.2) is 0 Å². The first-order valence-corrected chi connectivity index (χ1v) is 8.58. The van der Waals surface area contributed by atoms with E-state index in [0.717, 1.165) is 0 Å². The van der Waals surface area contributed by atoms with Crippen LogP contribution in [0.2, 0.25) is 0 Å². The summed E-state index contributed by atoms with van der Waals surface area (Å²) >= 11 is 0. The van der Waals surface area contributed by atoms with Crippen LogP contribution in [0.1, 0.15) is 20.7 Å². The summed E-state index contributed by atoms with van der Waals surface area (Å²) < 4.78 is 5.31. The number of anilines is 2. The number of nitrogens with zero attached hydrogens (tertiary/aromatic N) is 1. The second-order valence-electron chi connectivity index (χ2n) is 5.99. The van der Waals surface area contributed by atoms with E-state index < -0.39 is 10.8 Å². The first kappa shape index (κ1) is 19.6. The molecule has 0 aliphatic carbocycles. The van der Waals surface area contributed by atoms with E-state index >= 15 is 0 Å². The normalized spacial score (nSPS) is 10.1. The molecule has 3 aromatic rings. The van der Waals surface area contributed by atoms with Crippen molar-refractivity contribution in [3.8, 4) is 5.75 Å². The highest BCUT2D eigenvalue weighted by atomic mass is 16.6. The van der Waals surface area contributed by atoms with E-state index in [2.05, 4.69) is 10.6 Å². The molecule has 0 unspecified atom stereocenters. The number of methoxy groups -OCH3 is 1. The molecule has 0 fully saturated rings. The standard InChI is InChI=1S/C21H17N3O5/c1-29-19-13-16(22-20(25)15-7-10-17(11-8-15)24(27)28)9-12-18(19)23-21(26)14-5-3-2-4-6-14/h2-13H,1H3,(H,22,25)(H,23,26). The van der Waals surface area contributed by atoms with E-state index in [1.54, 1.807) is 42.5 Å². The summed E-state index contributed by atoms with van der Waals surface area (Å²) in [7, 11) is 1.45. The van der Waals surface area contributed by atoms with Crippen LogP contribution in [0.4, 0.5) is 17.1 Å². The van der Waals surface area contributed by atoms with Crippen LogP contribution in [0.5, 0.6) is 5.75 Å². The van der Waals surface area contributed by atoms with Gasteiger partial charge < -0.3 is 15.4 Å². The molecule has 0 aliphatic rings. The Kier molecular flexibility index (Phi) is 5.84. The largest absolute Gasteiger partial charge is 0.494 e. The molecule has 0 heterocycles. The maximum absolute atomic E-state index is 12.4. The summed E-state index contributed by atoms with van der Waals surface area (Å²) in [6.45, 7) is 0. The monoisotopic (exact) mass is 391 g/mol. The lowest BCUT2D eigenvalue weighted by atomic mass is 10.1. The minimum absolute atomic E-state index is 0.0956. The molecule has 2 N–H and O–H groups in total. The number of nitro benzene ring substituents is 1. The van der Waals surface area contributed by atoms with Gasteiger partial charge in [0.2, 0.25) is 0 Å². The summed E-state index contributed by atoms with van der Waals surface area (Å²) in [6.07, 6.45) is 0. The first-order chi connectivity index (χ1) is 14.0. The topological polar surface area (TPSA) is 111 Å². The van der Waals surface area contributed by atoms with Crippen LogP contribution in [-0.2, 0) is 0 Å². The van der Waals surface area contributed by atoms with E-state index in [1.165, 1.54) is 31.4 Å². The van der Waals surface area contributed by atoms with Gasteiger partial charge in [-0.25, -0.2) is 0 Å². The van der Waals surface area contributed by atoms with Crippen LogP contribution < -0.4 is 15.4 Å². The maximum atomic E-state index is 12.4. The van der Waals surface area contributed by atoms with Gasteiger partial charge in [0.1, 0.15) is 5.75 Å². The zero-order valence-corrected chi connectivity index (χ0v) is 15.4.